The van der Waals surface area contributed by atoms with Gasteiger partial charge < -0.3 is 4.23 Å². The lowest BCUT2D eigenvalue weighted by molar-refractivity contribution is 0.601. The number of hydrogen-bond acceptors (Lipinski definition) is 1. The van der Waals surface area contributed by atoms with Gasteiger partial charge in [0, 0.05) is 15.8 Å². The molecule has 1 heterocycles. The molecule has 3 aromatic rings. The molecule has 0 aliphatic carbocycles. The van der Waals surface area contributed by atoms with Crippen molar-refractivity contribution >= 4 is 36.6 Å². The molecule has 0 bridgehead atoms. The van der Waals surface area contributed by atoms with Crippen molar-refractivity contribution in [1.82, 2.24) is 4.23 Å². The third-order valence-corrected chi connectivity index (χ3v) is 14.6. The number of hydrogen-bond donors (Lipinski definition) is 0. The fourth-order valence-corrected chi connectivity index (χ4v) is 13.0. The summed E-state index contributed by atoms with van der Waals surface area (Å²) in [6.07, 6.45) is 2.16. The van der Waals surface area contributed by atoms with Crippen LogP contribution in [0.3, 0.4) is 0 Å². The van der Waals surface area contributed by atoms with Gasteiger partial charge in [0.15, 0.2) is 8.24 Å². The van der Waals surface area contributed by atoms with Gasteiger partial charge in [-0.15, -0.1) is 0 Å². The zero-order valence-corrected chi connectivity index (χ0v) is 21.1. The molecule has 0 saturated carbocycles. The van der Waals surface area contributed by atoms with Gasteiger partial charge in [0.1, 0.15) is 11.6 Å². The Morgan fingerprint density at radius 1 is 0.935 bits per heavy atom. The molecule has 2 nitrogen and oxygen atoms in total. The van der Waals surface area contributed by atoms with Crippen LogP contribution in [0.2, 0.25) is 16.6 Å². The minimum atomic E-state index is -2.00. The van der Waals surface area contributed by atoms with Gasteiger partial charge in [-0.3, -0.25) is 0 Å². The van der Waals surface area contributed by atoms with Crippen molar-refractivity contribution in [2.75, 3.05) is 0 Å². The van der Waals surface area contributed by atoms with Crippen LogP contribution in [-0.4, -0.2) is 12.5 Å². The van der Waals surface area contributed by atoms with Crippen molar-refractivity contribution in [3.63, 3.8) is 0 Å². The Morgan fingerprint density at radius 2 is 1.55 bits per heavy atom. The molecule has 2 aromatic carbocycles. The normalized spacial score (nSPS) is 12.4. The van der Waals surface area contributed by atoms with E-state index >= 15 is 4.39 Å². The number of benzene rings is 2. The molecule has 0 aliphatic heterocycles. The number of halogens is 2. The largest absolute Gasteiger partial charge is 0.373 e. The molecule has 0 atom stereocenters. The summed E-state index contributed by atoms with van der Waals surface area (Å²) in [7, 11) is -2.00. The van der Waals surface area contributed by atoms with Crippen molar-refractivity contribution in [2.24, 2.45) is 0 Å². The second kappa shape index (κ2) is 8.80. The van der Waals surface area contributed by atoms with E-state index in [9.17, 15) is 4.39 Å². The Morgan fingerprint density at radius 3 is 2.10 bits per heavy atom. The standard InChI is InChI=1S/C25H30F2N2SSi/c1-15(2)31(16(3)4,17(5)6)29-12-11-20-18(7)25(22(27)14-24(20)29)30-19-9-10-21(26)23(13-19)28-8/h9-17H,1-7H3. The maximum absolute atomic E-state index is 15.4. The van der Waals surface area contributed by atoms with Crippen molar-refractivity contribution in [3.8, 4) is 0 Å². The Kier molecular flexibility index (Phi) is 6.69. The first-order chi connectivity index (χ1) is 14.5. The van der Waals surface area contributed by atoms with Crippen LogP contribution in [0.1, 0.15) is 47.1 Å². The molecule has 164 valence electrons. The van der Waals surface area contributed by atoms with Crippen molar-refractivity contribution in [3.05, 3.63) is 65.1 Å². The summed E-state index contributed by atoms with van der Waals surface area (Å²) in [5, 5.41) is 1.05. The van der Waals surface area contributed by atoms with Gasteiger partial charge in [0.2, 0.25) is 5.69 Å². The second-order valence-electron chi connectivity index (χ2n) is 9.11. The highest BCUT2D eigenvalue weighted by atomic mass is 32.2. The van der Waals surface area contributed by atoms with E-state index in [4.69, 9.17) is 6.57 Å². The van der Waals surface area contributed by atoms with E-state index in [1.807, 2.05) is 6.92 Å². The van der Waals surface area contributed by atoms with Crippen LogP contribution in [-0.2, 0) is 0 Å². The van der Waals surface area contributed by atoms with Crippen LogP contribution >= 0.6 is 11.8 Å². The molecule has 0 fully saturated rings. The fraction of sp³-hybridized carbons (Fsp3) is 0.400. The van der Waals surface area contributed by atoms with E-state index in [0.29, 0.717) is 26.4 Å². The van der Waals surface area contributed by atoms with E-state index < -0.39 is 14.1 Å². The van der Waals surface area contributed by atoms with Gasteiger partial charge in [-0.2, -0.15) is 0 Å². The highest BCUT2D eigenvalue weighted by molar-refractivity contribution is 7.99. The second-order valence-corrected chi connectivity index (χ2v) is 15.9. The van der Waals surface area contributed by atoms with E-state index in [0.717, 1.165) is 16.5 Å². The van der Waals surface area contributed by atoms with Crippen molar-refractivity contribution in [2.45, 2.75) is 74.9 Å². The van der Waals surface area contributed by atoms with E-state index in [2.05, 4.69) is 62.9 Å². The van der Waals surface area contributed by atoms with Crippen molar-refractivity contribution in [1.29, 1.82) is 0 Å². The molecule has 0 unspecified atom stereocenters. The first-order valence-electron chi connectivity index (χ1n) is 10.7. The Labute approximate surface area is 189 Å². The Hall–Kier alpha value is -2.10. The summed E-state index contributed by atoms with van der Waals surface area (Å²) in [4.78, 5) is 4.40. The van der Waals surface area contributed by atoms with E-state index in [1.54, 1.807) is 12.1 Å². The summed E-state index contributed by atoms with van der Waals surface area (Å²) in [5.74, 6) is -0.829. The number of rotatable bonds is 6. The smallest absolute Gasteiger partial charge is 0.223 e. The molecule has 1 aromatic heterocycles. The molecule has 0 aliphatic rings. The molecular weight excluding hydrogens is 426 g/mol. The van der Waals surface area contributed by atoms with Crippen LogP contribution in [0.5, 0.6) is 0 Å². The predicted octanol–water partition coefficient (Wildman–Crippen LogP) is 8.95. The maximum atomic E-state index is 15.4. The minimum absolute atomic E-state index is 0.0446. The summed E-state index contributed by atoms with van der Waals surface area (Å²) < 4.78 is 31.5. The lowest BCUT2D eigenvalue weighted by Gasteiger charge is -2.44. The highest BCUT2D eigenvalue weighted by Gasteiger charge is 2.45. The molecule has 31 heavy (non-hydrogen) atoms. The van der Waals surface area contributed by atoms with Gasteiger partial charge in [-0.05, 0) is 65.6 Å². The molecule has 0 saturated heterocycles. The molecule has 0 amide bonds. The van der Waals surface area contributed by atoms with Gasteiger partial charge in [-0.1, -0.05) is 53.3 Å². The van der Waals surface area contributed by atoms with E-state index in [-0.39, 0.29) is 11.5 Å². The van der Waals surface area contributed by atoms with Crippen molar-refractivity contribution < 1.29 is 8.78 Å². The first kappa shape index (κ1) is 23.6. The monoisotopic (exact) mass is 456 g/mol. The average Bonchev–Trinajstić information content (AvgIpc) is 3.10. The maximum Gasteiger partial charge on any atom is 0.223 e. The van der Waals surface area contributed by atoms with E-state index in [1.165, 1.54) is 23.9 Å². The fourth-order valence-electron chi connectivity index (χ4n) is 5.45. The van der Waals surface area contributed by atoms with Crippen LogP contribution in [0.15, 0.2) is 46.3 Å². The molecule has 0 spiro atoms. The number of nitrogens with zero attached hydrogens (tertiary/aromatic N) is 2. The average molecular weight is 457 g/mol. The van der Waals surface area contributed by atoms with Crippen LogP contribution in [0, 0.1) is 25.1 Å². The van der Waals surface area contributed by atoms with Crippen LogP contribution in [0.4, 0.5) is 14.5 Å². The van der Waals surface area contributed by atoms with Gasteiger partial charge in [0.05, 0.1) is 11.5 Å². The van der Waals surface area contributed by atoms with Gasteiger partial charge >= 0.3 is 0 Å². The number of fused-ring (bicyclic) bond motifs is 1. The number of aromatic nitrogens is 1. The zero-order chi connectivity index (χ0) is 23.1. The summed E-state index contributed by atoms with van der Waals surface area (Å²) in [6, 6.07) is 8.12. The van der Waals surface area contributed by atoms with Gasteiger partial charge in [0.25, 0.3) is 0 Å². The molecule has 3 rings (SSSR count). The lowest BCUT2D eigenvalue weighted by Crippen LogP contribution is -2.51. The molecule has 0 radical (unpaired) electrons. The predicted molar refractivity (Wildman–Crippen MR) is 130 cm³/mol. The third kappa shape index (κ3) is 3.83. The summed E-state index contributed by atoms with van der Waals surface area (Å²) in [5.41, 5.74) is 3.32. The van der Waals surface area contributed by atoms with Crippen LogP contribution in [0.25, 0.3) is 15.7 Å². The topological polar surface area (TPSA) is 9.29 Å². The molecule has 6 heteroatoms. The van der Waals surface area contributed by atoms with Gasteiger partial charge in [-0.25, -0.2) is 13.6 Å². The lowest BCUT2D eigenvalue weighted by atomic mass is 10.1. The summed E-state index contributed by atoms with van der Waals surface area (Å²) >= 11 is 1.25. The third-order valence-electron chi connectivity index (χ3n) is 6.60. The zero-order valence-electron chi connectivity index (χ0n) is 19.3. The SMILES string of the molecule is [C-]#[N+]c1cc(Sc2c(F)cc3c(ccn3[Si](C(C)C)(C(C)C)C(C)C)c2C)ccc1F. The minimum Gasteiger partial charge on any atom is -0.373 e. The quantitative estimate of drug-likeness (QED) is 0.266. The molecular formula is C25H30F2N2SSi. The first-order valence-corrected chi connectivity index (χ1v) is 13.7. The Balaban J connectivity index is 2.18. The highest BCUT2D eigenvalue weighted by Crippen LogP contribution is 2.46. The van der Waals surface area contributed by atoms with Crippen LogP contribution < -0.4 is 0 Å². The Bertz CT molecular complexity index is 1140. The number of aryl methyl sites for hydroxylation is 1. The summed E-state index contributed by atoms with van der Waals surface area (Å²) in [6.45, 7) is 22.9. The molecule has 0 N–H and O–H groups in total.